The van der Waals surface area contributed by atoms with Crippen molar-refractivity contribution in [3.8, 4) is 0 Å². The van der Waals surface area contributed by atoms with Gasteiger partial charge in [0.2, 0.25) is 0 Å². The molecule has 1 saturated heterocycles. The number of aliphatic hydroxyl groups excluding tert-OH is 4. The Kier molecular flexibility index (Phi) is 9.22. The predicted molar refractivity (Wildman–Crippen MR) is 170 cm³/mol. The van der Waals surface area contributed by atoms with Gasteiger partial charge in [-0.2, -0.15) is 0 Å². The van der Waals surface area contributed by atoms with Crippen molar-refractivity contribution in [2.45, 2.75) is 156 Å². The molecule has 0 unspecified atom stereocenters. The lowest BCUT2D eigenvalue weighted by molar-refractivity contribution is -0.325. The molecule has 0 bridgehead atoms. The molecule has 6 nitrogen and oxygen atoms in total. The summed E-state index contributed by atoms with van der Waals surface area (Å²) in [5.74, 6) is 2.48. The zero-order valence-electron chi connectivity index (χ0n) is 28.4. The Balaban J connectivity index is 1.35. The molecule has 6 heteroatoms. The molecule has 0 aromatic heterocycles. The topological polar surface area (TPSA) is 99.4 Å². The van der Waals surface area contributed by atoms with Gasteiger partial charge in [-0.05, 0) is 110 Å². The molecule has 4 aliphatic carbocycles. The molecule has 3 fully saturated rings. The Morgan fingerprint density at radius 1 is 0.907 bits per heavy atom. The highest BCUT2D eigenvalue weighted by Gasteiger charge is 2.63. The average molecular weight is 603 g/mol. The monoisotopic (exact) mass is 602 g/mol. The fourth-order valence-electron chi connectivity index (χ4n) is 11.1. The van der Waals surface area contributed by atoms with Gasteiger partial charge in [0.1, 0.15) is 24.4 Å². The van der Waals surface area contributed by atoms with Gasteiger partial charge in [0.25, 0.3) is 0 Å². The Bertz CT molecular complexity index is 1080. The van der Waals surface area contributed by atoms with Gasteiger partial charge < -0.3 is 29.9 Å². The molecule has 1 aliphatic heterocycles. The number of hydrogen-bond acceptors (Lipinski definition) is 6. The summed E-state index contributed by atoms with van der Waals surface area (Å²) in [4.78, 5) is 0. The molecule has 1 heterocycles. The third-order valence-corrected chi connectivity index (χ3v) is 14.3. The van der Waals surface area contributed by atoms with Crippen molar-refractivity contribution in [3.05, 3.63) is 23.3 Å². The number of rotatable bonds is 8. The number of allylic oxidation sites excluding steroid dienone is 3. The van der Waals surface area contributed by atoms with Crippen LogP contribution in [-0.4, -0.2) is 63.8 Å². The standard InChI is InChI=1S/C37H62O6/c1-21(2)22(3)10-11-23(4)24-14-18-37(9)26-12-13-28-34(5,6)29(16-17-35(28,7)25(26)15-19-36(24,37)8)43-33-32(41)31(40)30(39)27(20-38)42-33/h21,23-24,27-33,38-41H,3,10-20H2,1-2,4-9H3/t23-,24-,27-,28+,29+,30-,31+,32-,33+,35-,36-,37+/m1/s1. The normalized spacial score (nSPS) is 46.7. The molecule has 5 aliphatic rings. The summed E-state index contributed by atoms with van der Waals surface area (Å²) >= 11 is 0. The summed E-state index contributed by atoms with van der Waals surface area (Å²) in [6.45, 7) is 23.4. The van der Waals surface area contributed by atoms with Gasteiger partial charge in [0.05, 0.1) is 12.7 Å². The van der Waals surface area contributed by atoms with Gasteiger partial charge in [-0.1, -0.05) is 78.7 Å². The third kappa shape index (κ3) is 5.23. The molecule has 0 amide bonds. The van der Waals surface area contributed by atoms with Gasteiger partial charge >= 0.3 is 0 Å². The minimum absolute atomic E-state index is 0.120. The third-order valence-electron chi connectivity index (χ3n) is 14.3. The molecular weight excluding hydrogens is 540 g/mol. The van der Waals surface area contributed by atoms with Crippen LogP contribution in [0.25, 0.3) is 0 Å². The second kappa shape index (κ2) is 11.8. The average Bonchev–Trinajstić information content (AvgIpc) is 3.24. The van der Waals surface area contributed by atoms with Crippen LogP contribution < -0.4 is 0 Å². The van der Waals surface area contributed by atoms with Crippen LogP contribution in [0.3, 0.4) is 0 Å². The van der Waals surface area contributed by atoms with E-state index in [1.54, 1.807) is 11.1 Å². The number of fused-ring (bicyclic) bond motifs is 4. The van der Waals surface area contributed by atoms with Crippen molar-refractivity contribution in [2.75, 3.05) is 6.61 Å². The quantitative estimate of drug-likeness (QED) is 0.235. The maximum atomic E-state index is 10.7. The van der Waals surface area contributed by atoms with Crippen LogP contribution in [0.4, 0.5) is 0 Å². The van der Waals surface area contributed by atoms with Crippen LogP contribution >= 0.6 is 0 Å². The maximum absolute atomic E-state index is 10.7. The van der Waals surface area contributed by atoms with E-state index < -0.39 is 37.3 Å². The Hall–Kier alpha value is -0.760. The molecule has 0 spiro atoms. The second-order valence-corrected chi connectivity index (χ2v) is 16.9. The van der Waals surface area contributed by atoms with E-state index in [-0.39, 0.29) is 22.3 Å². The summed E-state index contributed by atoms with van der Waals surface area (Å²) in [6.07, 6.45) is 5.35. The second-order valence-electron chi connectivity index (χ2n) is 16.9. The van der Waals surface area contributed by atoms with Gasteiger partial charge in [0, 0.05) is 0 Å². The van der Waals surface area contributed by atoms with Crippen molar-refractivity contribution in [3.63, 3.8) is 0 Å². The predicted octanol–water partition coefficient (Wildman–Crippen LogP) is 6.55. The van der Waals surface area contributed by atoms with Gasteiger partial charge in [-0.3, -0.25) is 0 Å². The van der Waals surface area contributed by atoms with Crippen molar-refractivity contribution in [2.24, 2.45) is 45.3 Å². The van der Waals surface area contributed by atoms with Crippen LogP contribution in [0.15, 0.2) is 23.3 Å². The SMILES string of the molecule is C=C(CC[C@@H](C)[C@H]1CC[C@@]2(C)C3=C(CC[C@]12C)[C@@]1(C)CC[C@H](O[C@@H]2O[C@H](CO)[C@@H](O)[C@H](O)[C@H]2O)C(C)(C)[C@@H]1CC3)C(C)C. The lowest BCUT2D eigenvalue weighted by Crippen LogP contribution is -2.61. The van der Waals surface area contributed by atoms with E-state index in [0.29, 0.717) is 23.2 Å². The highest BCUT2D eigenvalue weighted by Crippen LogP contribution is 2.72. The Labute approximate surface area is 261 Å². The van der Waals surface area contributed by atoms with Crippen LogP contribution in [0.2, 0.25) is 0 Å². The van der Waals surface area contributed by atoms with E-state index >= 15 is 0 Å². The van der Waals surface area contributed by atoms with Crippen molar-refractivity contribution >= 4 is 0 Å². The Morgan fingerprint density at radius 2 is 1.60 bits per heavy atom. The number of aliphatic hydroxyl groups is 4. The fourth-order valence-corrected chi connectivity index (χ4v) is 11.1. The molecule has 5 rings (SSSR count). The molecule has 43 heavy (non-hydrogen) atoms. The van der Waals surface area contributed by atoms with Crippen LogP contribution in [0.1, 0.15) is 120 Å². The van der Waals surface area contributed by atoms with E-state index in [0.717, 1.165) is 38.0 Å². The number of hydrogen-bond donors (Lipinski definition) is 4. The summed E-state index contributed by atoms with van der Waals surface area (Å²) in [6, 6.07) is 0. The van der Waals surface area contributed by atoms with Crippen molar-refractivity contribution in [1.29, 1.82) is 0 Å². The molecule has 246 valence electrons. The molecule has 0 radical (unpaired) electrons. The molecule has 0 aromatic carbocycles. The van der Waals surface area contributed by atoms with Gasteiger partial charge in [-0.15, -0.1) is 0 Å². The molecule has 4 N–H and O–H groups in total. The van der Waals surface area contributed by atoms with E-state index in [1.165, 1.54) is 37.7 Å². The van der Waals surface area contributed by atoms with E-state index in [9.17, 15) is 20.4 Å². The fraction of sp³-hybridized carbons (Fsp3) is 0.892. The summed E-state index contributed by atoms with van der Waals surface area (Å²) in [7, 11) is 0. The first-order valence-corrected chi connectivity index (χ1v) is 17.4. The smallest absolute Gasteiger partial charge is 0.186 e. The highest BCUT2D eigenvalue weighted by atomic mass is 16.7. The molecule has 0 aromatic rings. The molecule has 12 atom stereocenters. The minimum atomic E-state index is -1.42. The van der Waals surface area contributed by atoms with E-state index in [1.807, 2.05) is 0 Å². The van der Waals surface area contributed by atoms with Crippen molar-refractivity contribution in [1.82, 2.24) is 0 Å². The minimum Gasteiger partial charge on any atom is -0.394 e. The zero-order chi connectivity index (χ0) is 31.7. The summed E-state index contributed by atoms with van der Waals surface area (Å²) in [5, 5.41) is 41.0. The lowest BCUT2D eigenvalue weighted by Gasteiger charge is -2.63. The largest absolute Gasteiger partial charge is 0.394 e. The van der Waals surface area contributed by atoms with E-state index in [2.05, 4.69) is 62.0 Å². The molecule has 2 saturated carbocycles. The molecular formula is C37H62O6. The van der Waals surface area contributed by atoms with Crippen LogP contribution in [-0.2, 0) is 9.47 Å². The summed E-state index contributed by atoms with van der Waals surface area (Å²) < 4.78 is 12.2. The lowest BCUT2D eigenvalue weighted by atomic mass is 9.43. The Morgan fingerprint density at radius 3 is 2.26 bits per heavy atom. The zero-order valence-corrected chi connectivity index (χ0v) is 28.4. The first-order chi connectivity index (χ1) is 20.0. The highest BCUT2D eigenvalue weighted by molar-refractivity contribution is 5.38. The first-order valence-electron chi connectivity index (χ1n) is 17.4. The van der Waals surface area contributed by atoms with E-state index in [4.69, 9.17) is 9.47 Å². The van der Waals surface area contributed by atoms with Gasteiger partial charge in [0.15, 0.2) is 6.29 Å². The first kappa shape index (κ1) is 33.6. The van der Waals surface area contributed by atoms with Gasteiger partial charge in [-0.25, -0.2) is 0 Å². The maximum Gasteiger partial charge on any atom is 0.186 e. The van der Waals surface area contributed by atoms with Crippen LogP contribution in [0.5, 0.6) is 0 Å². The van der Waals surface area contributed by atoms with Crippen molar-refractivity contribution < 1.29 is 29.9 Å². The van der Waals surface area contributed by atoms with Crippen LogP contribution in [0, 0.1) is 45.3 Å². The summed E-state index contributed by atoms with van der Waals surface area (Å²) in [5.41, 5.74) is 5.47. The number of ether oxygens (including phenoxy) is 2.